The molecule has 124 valence electrons. The van der Waals surface area contributed by atoms with Crippen LogP contribution in [0.1, 0.15) is 51.5 Å². The number of H-pyrrole nitrogens is 1. The Bertz CT molecular complexity index is 716. The van der Waals surface area contributed by atoms with Gasteiger partial charge in [-0.15, -0.1) is 0 Å². The van der Waals surface area contributed by atoms with Crippen molar-refractivity contribution in [1.82, 2.24) is 4.98 Å². The van der Waals surface area contributed by atoms with Crippen molar-refractivity contribution in [3.8, 4) is 5.75 Å². The number of carbonyl (C=O) groups is 1. The van der Waals surface area contributed by atoms with Crippen molar-refractivity contribution < 1.29 is 19.4 Å². The van der Waals surface area contributed by atoms with Gasteiger partial charge in [-0.25, -0.2) is 4.79 Å². The van der Waals surface area contributed by atoms with Crippen molar-refractivity contribution in [1.29, 1.82) is 0 Å². The molecule has 0 saturated heterocycles. The number of methoxy groups -OCH3 is 1. The molecule has 1 aromatic carbocycles. The van der Waals surface area contributed by atoms with E-state index in [0.717, 1.165) is 27.9 Å². The third kappa shape index (κ3) is 3.56. The average Bonchev–Trinajstić information content (AvgIpc) is 2.80. The monoisotopic (exact) mass is 317 g/mol. The molecule has 1 aromatic heterocycles. The van der Waals surface area contributed by atoms with Crippen molar-refractivity contribution in [2.75, 3.05) is 7.11 Å². The molecule has 0 saturated carbocycles. The molecule has 5 heteroatoms. The molecule has 1 atom stereocenters. The minimum Gasteiger partial charge on any atom is -0.496 e. The summed E-state index contributed by atoms with van der Waals surface area (Å²) in [6.45, 7) is 7.41. The third-order valence-corrected chi connectivity index (χ3v) is 3.91. The number of hydrogen-bond donors (Lipinski definition) is 2. The van der Waals surface area contributed by atoms with Crippen molar-refractivity contribution in [2.24, 2.45) is 0 Å². The summed E-state index contributed by atoms with van der Waals surface area (Å²) in [5, 5.41) is 9.80. The van der Waals surface area contributed by atoms with E-state index < -0.39 is 12.1 Å². The molecule has 0 unspecified atom stereocenters. The van der Waals surface area contributed by atoms with E-state index in [1.54, 1.807) is 21.0 Å². The molecular weight excluding hydrogens is 294 g/mol. The van der Waals surface area contributed by atoms with Crippen LogP contribution >= 0.6 is 0 Å². The van der Waals surface area contributed by atoms with Crippen LogP contribution in [-0.2, 0) is 11.3 Å². The molecule has 23 heavy (non-hydrogen) atoms. The van der Waals surface area contributed by atoms with Gasteiger partial charge in [-0.1, -0.05) is 11.6 Å². The van der Waals surface area contributed by atoms with E-state index in [1.165, 1.54) is 0 Å². The van der Waals surface area contributed by atoms with Crippen molar-refractivity contribution in [2.45, 2.75) is 40.4 Å². The van der Waals surface area contributed by atoms with Gasteiger partial charge in [-0.3, -0.25) is 0 Å². The van der Waals surface area contributed by atoms with Gasteiger partial charge >= 0.3 is 5.97 Å². The normalized spacial score (nSPS) is 12.1. The van der Waals surface area contributed by atoms with E-state index in [-0.39, 0.29) is 6.61 Å². The van der Waals surface area contributed by atoms with Crippen LogP contribution in [0.3, 0.4) is 0 Å². The second kappa shape index (κ2) is 6.87. The Morgan fingerprint density at radius 1 is 1.30 bits per heavy atom. The lowest BCUT2D eigenvalue weighted by atomic mass is 10.1. The lowest BCUT2D eigenvalue weighted by Gasteiger charge is -2.10. The average molecular weight is 317 g/mol. The van der Waals surface area contributed by atoms with Crippen LogP contribution in [-0.4, -0.2) is 23.2 Å². The summed E-state index contributed by atoms with van der Waals surface area (Å²) in [4.78, 5) is 15.3. The Balaban J connectivity index is 2.18. The fraction of sp³-hybridized carbons (Fsp3) is 0.389. The molecule has 2 N–H and O–H groups in total. The number of esters is 1. The number of aromatic amines is 1. The molecule has 0 radical (unpaired) electrons. The van der Waals surface area contributed by atoms with E-state index >= 15 is 0 Å². The van der Waals surface area contributed by atoms with Crippen molar-refractivity contribution >= 4 is 5.97 Å². The molecule has 0 aliphatic carbocycles. The Morgan fingerprint density at radius 2 is 2.00 bits per heavy atom. The summed E-state index contributed by atoms with van der Waals surface area (Å²) in [6.07, 6.45) is -0.635. The zero-order valence-electron chi connectivity index (χ0n) is 14.2. The van der Waals surface area contributed by atoms with Gasteiger partial charge in [0.25, 0.3) is 0 Å². The first-order valence-corrected chi connectivity index (χ1v) is 7.53. The van der Waals surface area contributed by atoms with Crippen LogP contribution in [0.2, 0.25) is 0 Å². The van der Waals surface area contributed by atoms with Gasteiger partial charge in [0.2, 0.25) is 0 Å². The van der Waals surface area contributed by atoms with E-state index in [4.69, 9.17) is 9.47 Å². The highest BCUT2D eigenvalue weighted by Gasteiger charge is 2.21. The number of aromatic nitrogens is 1. The highest BCUT2D eigenvalue weighted by molar-refractivity contribution is 5.89. The van der Waals surface area contributed by atoms with Crippen LogP contribution < -0.4 is 4.74 Å². The fourth-order valence-corrected chi connectivity index (χ4v) is 2.83. The number of ether oxygens (including phenoxy) is 2. The Kier molecular flexibility index (Phi) is 5.11. The Hall–Kier alpha value is -2.27. The predicted molar refractivity (Wildman–Crippen MR) is 87.8 cm³/mol. The molecule has 1 heterocycles. The molecule has 2 rings (SSSR count). The molecule has 0 amide bonds. The van der Waals surface area contributed by atoms with Gasteiger partial charge in [0, 0.05) is 16.8 Å². The van der Waals surface area contributed by atoms with Crippen molar-refractivity contribution in [3.05, 3.63) is 51.8 Å². The number of aryl methyl sites for hydroxylation is 2. The maximum Gasteiger partial charge on any atom is 0.355 e. The first-order chi connectivity index (χ1) is 10.8. The number of aliphatic hydroxyl groups excluding tert-OH is 1. The third-order valence-electron chi connectivity index (χ3n) is 3.91. The zero-order chi connectivity index (χ0) is 17.1. The number of benzene rings is 1. The van der Waals surface area contributed by atoms with Gasteiger partial charge in [0.05, 0.1) is 13.2 Å². The number of carbonyl (C=O) groups excluding carboxylic acids is 1. The Morgan fingerprint density at radius 3 is 2.57 bits per heavy atom. The maximum absolute atomic E-state index is 12.3. The van der Waals surface area contributed by atoms with E-state index in [9.17, 15) is 9.90 Å². The van der Waals surface area contributed by atoms with Crippen molar-refractivity contribution in [3.63, 3.8) is 0 Å². The molecule has 0 aliphatic rings. The summed E-state index contributed by atoms with van der Waals surface area (Å²) >= 11 is 0. The fourth-order valence-electron chi connectivity index (χ4n) is 2.83. The number of aliphatic hydroxyl groups is 1. The van der Waals surface area contributed by atoms with Gasteiger partial charge in [0.15, 0.2) is 0 Å². The highest BCUT2D eigenvalue weighted by Crippen LogP contribution is 2.26. The molecule has 2 aromatic rings. The molecule has 0 bridgehead atoms. The van der Waals surface area contributed by atoms with Crippen LogP contribution in [0.25, 0.3) is 0 Å². The van der Waals surface area contributed by atoms with E-state index in [1.807, 2.05) is 32.0 Å². The number of nitrogens with one attached hydrogen (secondary N) is 1. The van der Waals surface area contributed by atoms with Crippen LogP contribution in [0, 0.1) is 20.8 Å². The summed E-state index contributed by atoms with van der Waals surface area (Å²) in [7, 11) is 1.59. The maximum atomic E-state index is 12.3. The second-order valence-corrected chi connectivity index (χ2v) is 5.73. The molecular formula is C18H23NO4. The molecule has 0 aliphatic heterocycles. The molecule has 5 nitrogen and oxygen atoms in total. The number of rotatable bonds is 5. The first kappa shape index (κ1) is 17.1. The van der Waals surface area contributed by atoms with E-state index in [2.05, 4.69) is 4.98 Å². The van der Waals surface area contributed by atoms with E-state index in [0.29, 0.717) is 11.4 Å². The largest absolute Gasteiger partial charge is 0.496 e. The van der Waals surface area contributed by atoms with Gasteiger partial charge < -0.3 is 19.6 Å². The predicted octanol–water partition coefficient (Wildman–Crippen LogP) is 3.36. The van der Waals surface area contributed by atoms with Crippen LogP contribution in [0.15, 0.2) is 18.2 Å². The van der Waals surface area contributed by atoms with Crippen LogP contribution in [0.5, 0.6) is 5.75 Å². The first-order valence-electron chi connectivity index (χ1n) is 7.53. The minimum absolute atomic E-state index is 0.130. The topological polar surface area (TPSA) is 71.5 Å². The smallest absolute Gasteiger partial charge is 0.355 e. The summed E-state index contributed by atoms with van der Waals surface area (Å²) < 4.78 is 10.7. The standard InChI is InChI=1S/C18H23NO4/c1-10-6-7-15(22-5)14(8-10)9-23-18(21)17-11(2)16(13(4)20)12(3)19-17/h6-8,13,19-20H,9H2,1-5H3/t13-/m1/s1. The number of hydrogen-bond acceptors (Lipinski definition) is 4. The second-order valence-electron chi connectivity index (χ2n) is 5.73. The van der Waals surface area contributed by atoms with Gasteiger partial charge in [-0.05, 0) is 45.4 Å². The molecule has 0 spiro atoms. The molecule has 0 fully saturated rings. The quantitative estimate of drug-likeness (QED) is 0.830. The highest BCUT2D eigenvalue weighted by atomic mass is 16.5. The lowest BCUT2D eigenvalue weighted by Crippen LogP contribution is -2.08. The SMILES string of the molecule is COc1ccc(C)cc1COC(=O)c1[nH]c(C)c([C@@H](C)O)c1C. The Labute approximate surface area is 136 Å². The minimum atomic E-state index is -0.635. The summed E-state index contributed by atoms with van der Waals surface area (Å²) in [5.41, 5.74) is 4.50. The van der Waals surface area contributed by atoms with Gasteiger partial charge in [-0.2, -0.15) is 0 Å². The van der Waals surface area contributed by atoms with Gasteiger partial charge in [0.1, 0.15) is 18.1 Å². The lowest BCUT2D eigenvalue weighted by molar-refractivity contribution is 0.0463. The summed E-state index contributed by atoms with van der Waals surface area (Å²) in [6, 6.07) is 5.73. The summed E-state index contributed by atoms with van der Waals surface area (Å²) in [5.74, 6) is 0.244. The van der Waals surface area contributed by atoms with Crippen LogP contribution in [0.4, 0.5) is 0 Å². The zero-order valence-corrected chi connectivity index (χ0v) is 14.2.